The van der Waals surface area contributed by atoms with E-state index in [0.717, 1.165) is 73.7 Å². The lowest BCUT2D eigenvalue weighted by Crippen LogP contribution is -2.38. The van der Waals surface area contributed by atoms with Crippen molar-refractivity contribution in [3.63, 3.8) is 0 Å². The van der Waals surface area contributed by atoms with Crippen LogP contribution in [0.5, 0.6) is 0 Å². The molecule has 6 nitrogen and oxygen atoms in total. The lowest BCUT2D eigenvalue weighted by Gasteiger charge is -2.40. The highest BCUT2D eigenvalue weighted by molar-refractivity contribution is 7.16. The number of hydrogen-bond donors (Lipinski definition) is 1. The number of ether oxygens (including phenoxy) is 1. The number of thiophene rings is 1. The molecule has 4 aromatic rings. The Bertz CT molecular complexity index is 1560. The van der Waals surface area contributed by atoms with Crippen LogP contribution in [-0.4, -0.2) is 48.5 Å². The molecule has 0 radical (unpaired) electrons. The number of aliphatic imine (C=N–C) groups is 1. The number of benzene rings is 3. The number of hydrogen-bond acceptors (Lipinski definition) is 5. The molecule has 0 fully saturated rings. The standard InChI is InChI=1S/C40H50N4O2S/c1-5-8-19-27-44(28-20-9-6-2)40(41-32-25-17-12-18-26-32)42-38-35(39(45)46-7-3)33-29-34(30-21-13-10-14-22-30)43(4)36(37(33)47-38)31-23-15-11-16-24-31/h10-18,21-26,34,36H,5-9,19-20,27-29H2,1-4H3,(H,41,42). The van der Waals surface area contributed by atoms with Crippen molar-refractivity contribution in [3.8, 4) is 0 Å². The third-order valence-corrected chi connectivity index (χ3v) is 10.1. The van der Waals surface area contributed by atoms with E-state index in [0.29, 0.717) is 23.6 Å². The zero-order valence-corrected chi connectivity index (χ0v) is 29.3. The number of anilines is 1. The predicted octanol–water partition coefficient (Wildman–Crippen LogP) is 10.0. The molecule has 1 aromatic heterocycles. The number of unbranched alkanes of at least 4 members (excludes halogenated alkanes) is 4. The zero-order chi connectivity index (χ0) is 33.0. The fourth-order valence-corrected chi connectivity index (χ4v) is 7.86. The topological polar surface area (TPSA) is 57.2 Å². The summed E-state index contributed by atoms with van der Waals surface area (Å²) in [5.74, 6) is 0.492. The quantitative estimate of drug-likeness (QED) is 0.0637. The summed E-state index contributed by atoms with van der Waals surface area (Å²) in [5, 5.41) is 4.38. The van der Waals surface area contributed by atoms with Gasteiger partial charge in [-0.2, -0.15) is 0 Å². The highest BCUT2D eigenvalue weighted by Crippen LogP contribution is 2.50. The van der Waals surface area contributed by atoms with Crippen LogP contribution in [0.25, 0.3) is 0 Å². The Balaban J connectivity index is 1.69. The van der Waals surface area contributed by atoms with Gasteiger partial charge in [0, 0.05) is 29.7 Å². The molecule has 1 aliphatic rings. The van der Waals surface area contributed by atoms with Gasteiger partial charge in [-0.05, 0) is 62.1 Å². The van der Waals surface area contributed by atoms with E-state index in [1.165, 1.54) is 11.1 Å². The van der Waals surface area contributed by atoms with Crippen molar-refractivity contribution in [3.05, 3.63) is 118 Å². The van der Waals surface area contributed by atoms with Gasteiger partial charge in [0.2, 0.25) is 5.96 Å². The van der Waals surface area contributed by atoms with Crippen LogP contribution in [0.2, 0.25) is 0 Å². The summed E-state index contributed by atoms with van der Waals surface area (Å²) in [5.41, 5.74) is 5.07. The molecule has 0 spiro atoms. The molecule has 0 aliphatic carbocycles. The van der Waals surface area contributed by atoms with Gasteiger partial charge in [0.15, 0.2) is 0 Å². The maximum atomic E-state index is 14.0. The summed E-state index contributed by atoms with van der Waals surface area (Å²) in [6, 6.07) is 31.6. The molecule has 1 aliphatic heterocycles. The fraction of sp³-hybridized carbons (Fsp3) is 0.400. The molecule has 0 saturated heterocycles. The van der Waals surface area contributed by atoms with Crippen molar-refractivity contribution >= 4 is 34.0 Å². The second kappa shape index (κ2) is 17.3. The lowest BCUT2D eigenvalue weighted by atomic mass is 9.86. The number of carbonyl (C=O) groups is 1. The molecule has 2 unspecified atom stereocenters. The van der Waals surface area contributed by atoms with Gasteiger partial charge in [0.25, 0.3) is 0 Å². The molecule has 2 heterocycles. The molecule has 2 atom stereocenters. The van der Waals surface area contributed by atoms with Gasteiger partial charge < -0.3 is 15.0 Å². The molecular formula is C40H50N4O2S. The first-order valence-electron chi connectivity index (χ1n) is 17.4. The molecule has 248 valence electrons. The van der Waals surface area contributed by atoms with E-state index < -0.39 is 0 Å². The Morgan fingerprint density at radius 2 is 1.43 bits per heavy atom. The van der Waals surface area contributed by atoms with Crippen LogP contribution in [0.1, 0.15) is 103 Å². The van der Waals surface area contributed by atoms with E-state index in [2.05, 4.69) is 109 Å². The van der Waals surface area contributed by atoms with E-state index in [-0.39, 0.29) is 18.1 Å². The van der Waals surface area contributed by atoms with Crippen molar-refractivity contribution in [2.24, 2.45) is 4.99 Å². The van der Waals surface area contributed by atoms with Gasteiger partial charge in [0.1, 0.15) is 10.6 Å². The first-order chi connectivity index (χ1) is 23.0. The molecule has 0 saturated carbocycles. The van der Waals surface area contributed by atoms with E-state index >= 15 is 0 Å². The maximum absolute atomic E-state index is 14.0. The molecule has 7 heteroatoms. The summed E-state index contributed by atoms with van der Waals surface area (Å²) >= 11 is 1.64. The van der Waals surface area contributed by atoms with Gasteiger partial charge in [0.05, 0.1) is 12.6 Å². The highest BCUT2D eigenvalue weighted by Gasteiger charge is 2.39. The molecule has 1 N–H and O–H groups in total. The summed E-state index contributed by atoms with van der Waals surface area (Å²) in [4.78, 5) is 25.4. The normalized spacial score (nSPS) is 16.5. The Kier molecular flexibility index (Phi) is 12.6. The van der Waals surface area contributed by atoms with Gasteiger partial charge in [-0.25, -0.2) is 9.79 Å². The second-order valence-electron chi connectivity index (χ2n) is 12.3. The summed E-state index contributed by atoms with van der Waals surface area (Å²) in [6.07, 6.45) is 7.52. The number of rotatable bonds is 14. The smallest absolute Gasteiger partial charge is 0.341 e. The van der Waals surface area contributed by atoms with Crippen LogP contribution in [0.4, 0.5) is 10.7 Å². The predicted molar refractivity (Wildman–Crippen MR) is 197 cm³/mol. The Morgan fingerprint density at radius 3 is 2.00 bits per heavy atom. The molecule has 0 bridgehead atoms. The Hall–Kier alpha value is -3.94. The number of esters is 1. The fourth-order valence-electron chi connectivity index (χ4n) is 6.49. The second-order valence-corrected chi connectivity index (χ2v) is 13.3. The number of guanidine groups is 1. The number of nitrogens with one attached hydrogen (secondary N) is 1. The van der Waals surface area contributed by atoms with Crippen LogP contribution in [0.15, 0.2) is 96.0 Å². The van der Waals surface area contributed by atoms with Crippen LogP contribution >= 0.6 is 11.3 Å². The summed E-state index contributed by atoms with van der Waals surface area (Å²) in [7, 11) is 2.20. The minimum atomic E-state index is -0.297. The number of carbonyl (C=O) groups excluding carboxylic acids is 1. The molecule has 3 aromatic carbocycles. The molecule has 47 heavy (non-hydrogen) atoms. The largest absolute Gasteiger partial charge is 0.462 e. The SMILES string of the molecule is CCCCCN(CCCCC)/C(=N\c1sc2c(c1C(=O)OCC)CC(c1ccccc1)N(C)C2c1ccccc1)Nc1ccccc1. The van der Waals surface area contributed by atoms with Crippen molar-refractivity contribution in [1.82, 2.24) is 9.80 Å². The van der Waals surface area contributed by atoms with E-state index in [4.69, 9.17) is 9.73 Å². The Labute approximate surface area is 285 Å². The minimum Gasteiger partial charge on any atom is -0.462 e. The van der Waals surface area contributed by atoms with E-state index in [9.17, 15) is 4.79 Å². The molecule has 5 rings (SSSR count). The van der Waals surface area contributed by atoms with Crippen molar-refractivity contribution < 1.29 is 9.53 Å². The van der Waals surface area contributed by atoms with Crippen LogP contribution in [0.3, 0.4) is 0 Å². The van der Waals surface area contributed by atoms with Crippen LogP contribution in [0, 0.1) is 0 Å². The molecule has 0 amide bonds. The number of fused-ring (bicyclic) bond motifs is 1. The van der Waals surface area contributed by atoms with Gasteiger partial charge in [-0.15, -0.1) is 11.3 Å². The monoisotopic (exact) mass is 650 g/mol. The van der Waals surface area contributed by atoms with E-state index in [1.807, 2.05) is 25.1 Å². The zero-order valence-electron chi connectivity index (χ0n) is 28.5. The van der Waals surface area contributed by atoms with Gasteiger partial charge in [-0.3, -0.25) is 4.90 Å². The molecular weight excluding hydrogens is 601 g/mol. The number of para-hydroxylation sites is 1. The van der Waals surface area contributed by atoms with Gasteiger partial charge >= 0.3 is 5.97 Å². The minimum absolute atomic E-state index is 0.0250. The maximum Gasteiger partial charge on any atom is 0.341 e. The van der Waals surface area contributed by atoms with Crippen LogP contribution in [-0.2, 0) is 11.2 Å². The summed E-state index contributed by atoms with van der Waals surface area (Å²) < 4.78 is 5.77. The van der Waals surface area contributed by atoms with Gasteiger partial charge in [-0.1, -0.05) is 118 Å². The lowest BCUT2D eigenvalue weighted by molar-refractivity contribution is 0.0525. The summed E-state index contributed by atoms with van der Waals surface area (Å²) in [6.45, 7) is 8.47. The average molecular weight is 651 g/mol. The first-order valence-corrected chi connectivity index (χ1v) is 18.2. The first kappa shape index (κ1) is 34.4. The Morgan fingerprint density at radius 1 is 0.851 bits per heavy atom. The van der Waals surface area contributed by atoms with Crippen LogP contribution < -0.4 is 5.32 Å². The van der Waals surface area contributed by atoms with Crippen molar-refractivity contribution in [1.29, 1.82) is 0 Å². The van der Waals surface area contributed by atoms with E-state index in [1.54, 1.807) is 11.3 Å². The third-order valence-electron chi connectivity index (χ3n) is 8.94. The van der Waals surface area contributed by atoms with Crippen molar-refractivity contribution in [2.75, 3.05) is 32.1 Å². The number of likely N-dealkylation sites (N-methyl/N-ethyl adjacent to an activating group) is 1. The highest BCUT2D eigenvalue weighted by atomic mass is 32.1. The number of nitrogens with zero attached hydrogens (tertiary/aromatic N) is 3. The van der Waals surface area contributed by atoms with Crippen molar-refractivity contribution in [2.45, 2.75) is 77.8 Å². The average Bonchev–Trinajstić information content (AvgIpc) is 3.45. The third kappa shape index (κ3) is 8.51.